The highest BCUT2D eigenvalue weighted by atomic mass is 32.2. The van der Waals surface area contributed by atoms with E-state index in [-0.39, 0.29) is 17.9 Å². The number of aryl methyl sites for hydroxylation is 2. The van der Waals surface area contributed by atoms with Gasteiger partial charge in [0.1, 0.15) is 11.6 Å². The SMILES string of the molecule is Cc1ccc(-c2cc(=O)n(C)cc2-c2cc(CCN[SH](=O)=O)ccc2Oc2ccc(F)cc2F)s1. The van der Waals surface area contributed by atoms with Crippen LogP contribution >= 0.6 is 11.3 Å². The van der Waals surface area contributed by atoms with Gasteiger partial charge in [-0.25, -0.2) is 21.9 Å². The van der Waals surface area contributed by atoms with Crippen molar-refractivity contribution < 1.29 is 21.9 Å². The van der Waals surface area contributed by atoms with Crippen LogP contribution < -0.4 is 15.0 Å². The molecule has 0 saturated carbocycles. The zero-order valence-electron chi connectivity index (χ0n) is 18.9. The molecule has 0 bridgehead atoms. The average molecular weight is 517 g/mol. The molecule has 2 heterocycles. The first-order valence-corrected chi connectivity index (χ1v) is 12.6. The fourth-order valence-electron chi connectivity index (χ4n) is 3.63. The zero-order valence-corrected chi connectivity index (χ0v) is 20.6. The largest absolute Gasteiger partial charge is 0.454 e. The molecule has 0 aliphatic rings. The molecule has 2 aromatic heterocycles. The Morgan fingerprint density at radius 1 is 0.971 bits per heavy atom. The van der Waals surface area contributed by atoms with Crippen LogP contribution in [0.25, 0.3) is 21.6 Å². The van der Waals surface area contributed by atoms with Gasteiger partial charge >= 0.3 is 0 Å². The predicted molar refractivity (Wildman–Crippen MR) is 134 cm³/mol. The highest BCUT2D eigenvalue weighted by Gasteiger charge is 2.18. The molecule has 0 amide bonds. The summed E-state index contributed by atoms with van der Waals surface area (Å²) >= 11 is 1.53. The predicted octanol–water partition coefficient (Wildman–Crippen LogP) is 4.82. The Bertz CT molecular complexity index is 1520. The molecule has 0 saturated heterocycles. The van der Waals surface area contributed by atoms with Crippen LogP contribution in [-0.2, 0) is 24.4 Å². The smallest absolute Gasteiger partial charge is 0.250 e. The van der Waals surface area contributed by atoms with Crippen molar-refractivity contribution in [2.24, 2.45) is 7.05 Å². The molecular formula is C25H22F2N2O4S2. The average Bonchev–Trinajstić information content (AvgIpc) is 3.24. The maximum Gasteiger partial charge on any atom is 0.250 e. The second-order valence-corrected chi connectivity index (χ2v) is 10.0. The fourth-order valence-corrected chi connectivity index (χ4v) is 4.82. The number of hydrogen-bond donors (Lipinski definition) is 2. The third kappa shape index (κ3) is 5.84. The summed E-state index contributed by atoms with van der Waals surface area (Å²) in [6, 6.07) is 13.7. The molecule has 0 fully saturated rings. The number of thiol groups is 1. The van der Waals surface area contributed by atoms with Crippen LogP contribution in [0.2, 0.25) is 0 Å². The van der Waals surface area contributed by atoms with Crippen molar-refractivity contribution in [1.29, 1.82) is 0 Å². The summed E-state index contributed by atoms with van der Waals surface area (Å²) in [4.78, 5) is 14.5. The van der Waals surface area contributed by atoms with Gasteiger partial charge < -0.3 is 9.30 Å². The quantitative estimate of drug-likeness (QED) is 0.329. The van der Waals surface area contributed by atoms with E-state index < -0.39 is 22.5 Å². The van der Waals surface area contributed by atoms with E-state index in [1.165, 1.54) is 22.0 Å². The molecule has 182 valence electrons. The maximum atomic E-state index is 14.4. The molecule has 4 aromatic rings. The molecule has 4 rings (SSSR count). The normalized spacial score (nSPS) is 11.2. The van der Waals surface area contributed by atoms with Crippen molar-refractivity contribution in [2.75, 3.05) is 6.54 Å². The lowest BCUT2D eigenvalue weighted by Gasteiger charge is -2.17. The zero-order chi connectivity index (χ0) is 25.1. The number of nitrogens with zero attached hydrogens (tertiary/aromatic N) is 1. The van der Waals surface area contributed by atoms with Gasteiger partial charge in [0.2, 0.25) is 10.9 Å². The number of aromatic nitrogens is 1. The Morgan fingerprint density at radius 2 is 1.74 bits per heavy atom. The van der Waals surface area contributed by atoms with Crippen LogP contribution in [0, 0.1) is 18.6 Å². The number of ether oxygens (including phenoxy) is 1. The second-order valence-electron chi connectivity index (χ2n) is 7.88. The molecule has 10 heteroatoms. The van der Waals surface area contributed by atoms with Crippen LogP contribution in [-0.4, -0.2) is 19.5 Å². The van der Waals surface area contributed by atoms with E-state index in [9.17, 15) is 22.0 Å². The summed E-state index contributed by atoms with van der Waals surface area (Å²) in [6.45, 7) is 2.17. The standard InChI is InChI=1S/C25H22F2N2O4S2/c1-15-3-8-24(34-15)19-13-25(30)29(2)14-20(19)18-11-16(9-10-28-35(31)32)4-6-22(18)33-23-7-5-17(26)12-21(23)27/h3-8,11-14,35H,9-10H2,1-2H3,(H,28,31,32). The number of benzene rings is 2. The van der Waals surface area contributed by atoms with Gasteiger partial charge in [-0.1, -0.05) is 6.07 Å². The third-order valence-corrected chi connectivity index (χ3v) is 6.85. The van der Waals surface area contributed by atoms with E-state index in [4.69, 9.17) is 4.74 Å². The number of hydrogen-bond acceptors (Lipinski definition) is 5. The Kier molecular flexibility index (Phi) is 7.44. The van der Waals surface area contributed by atoms with E-state index in [2.05, 4.69) is 4.72 Å². The Morgan fingerprint density at radius 3 is 2.43 bits per heavy atom. The number of pyridine rings is 1. The third-order valence-electron chi connectivity index (χ3n) is 5.34. The molecule has 0 radical (unpaired) electrons. The van der Waals surface area contributed by atoms with Gasteiger partial charge in [0.05, 0.1) is 0 Å². The lowest BCUT2D eigenvalue weighted by atomic mass is 9.97. The van der Waals surface area contributed by atoms with Gasteiger partial charge in [-0.2, -0.15) is 0 Å². The van der Waals surface area contributed by atoms with E-state index in [0.717, 1.165) is 27.5 Å². The van der Waals surface area contributed by atoms with Crippen LogP contribution in [0.5, 0.6) is 11.5 Å². The minimum Gasteiger partial charge on any atom is -0.454 e. The molecule has 0 spiro atoms. The maximum absolute atomic E-state index is 14.4. The Balaban J connectivity index is 1.88. The van der Waals surface area contributed by atoms with E-state index in [0.29, 0.717) is 28.9 Å². The summed E-state index contributed by atoms with van der Waals surface area (Å²) < 4.78 is 59.2. The Hall–Kier alpha value is -3.34. The summed E-state index contributed by atoms with van der Waals surface area (Å²) in [6.07, 6.45) is 2.09. The monoisotopic (exact) mass is 516 g/mol. The molecule has 35 heavy (non-hydrogen) atoms. The van der Waals surface area contributed by atoms with E-state index in [1.807, 2.05) is 25.1 Å². The molecule has 0 unspecified atom stereocenters. The molecule has 0 aliphatic heterocycles. The second kappa shape index (κ2) is 10.5. The number of halogens is 2. The topological polar surface area (TPSA) is 77.4 Å². The van der Waals surface area contributed by atoms with Crippen molar-refractivity contribution in [3.8, 4) is 33.1 Å². The van der Waals surface area contributed by atoms with Crippen molar-refractivity contribution in [2.45, 2.75) is 13.3 Å². The van der Waals surface area contributed by atoms with Crippen LogP contribution in [0.3, 0.4) is 0 Å². The highest BCUT2D eigenvalue weighted by Crippen LogP contribution is 2.41. The number of nitrogens with one attached hydrogen (secondary N) is 1. The molecule has 6 nitrogen and oxygen atoms in total. The summed E-state index contributed by atoms with van der Waals surface area (Å²) in [5.74, 6) is -1.42. The van der Waals surface area contributed by atoms with E-state index in [1.54, 1.807) is 31.4 Å². The van der Waals surface area contributed by atoms with Crippen LogP contribution in [0.1, 0.15) is 10.4 Å². The number of thiophene rings is 1. The van der Waals surface area contributed by atoms with Gasteiger partial charge in [0.15, 0.2) is 11.6 Å². The minimum absolute atomic E-state index is 0.149. The summed E-state index contributed by atoms with van der Waals surface area (Å²) in [5, 5.41) is 0. The first kappa shape index (κ1) is 24.8. The van der Waals surface area contributed by atoms with Crippen molar-refractivity contribution >= 4 is 22.2 Å². The van der Waals surface area contributed by atoms with Gasteiger partial charge in [0, 0.05) is 58.4 Å². The van der Waals surface area contributed by atoms with Crippen molar-refractivity contribution in [3.05, 3.63) is 93.2 Å². The number of rotatable bonds is 8. The molecule has 0 atom stereocenters. The molecule has 2 aromatic carbocycles. The highest BCUT2D eigenvalue weighted by molar-refractivity contribution is 7.70. The van der Waals surface area contributed by atoms with Gasteiger partial charge in [-0.05, 0) is 55.3 Å². The van der Waals surface area contributed by atoms with E-state index >= 15 is 0 Å². The summed E-state index contributed by atoms with van der Waals surface area (Å²) in [5.41, 5.74) is 2.55. The lowest BCUT2D eigenvalue weighted by molar-refractivity contribution is 0.439. The first-order valence-electron chi connectivity index (χ1n) is 10.6. The Labute approximate surface area is 206 Å². The first-order chi connectivity index (χ1) is 16.7. The van der Waals surface area contributed by atoms with Gasteiger partial charge in [-0.15, -0.1) is 11.3 Å². The molecule has 0 aliphatic carbocycles. The van der Waals surface area contributed by atoms with Gasteiger partial charge in [-0.3, -0.25) is 4.79 Å². The molecule has 1 N–H and O–H groups in total. The van der Waals surface area contributed by atoms with Crippen LogP contribution in [0.4, 0.5) is 8.78 Å². The van der Waals surface area contributed by atoms with Crippen molar-refractivity contribution in [3.63, 3.8) is 0 Å². The molecular weight excluding hydrogens is 494 g/mol. The van der Waals surface area contributed by atoms with Crippen LogP contribution in [0.15, 0.2) is 65.6 Å². The summed E-state index contributed by atoms with van der Waals surface area (Å²) in [7, 11) is -1.09. The fraction of sp³-hybridized carbons (Fsp3) is 0.160. The van der Waals surface area contributed by atoms with Gasteiger partial charge in [0.25, 0.3) is 5.56 Å². The van der Waals surface area contributed by atoms with Crippen molar-refractivity contribution in [1.82, 2.24) is 9.29 Å². The minimum atomic E-state index is -2.72. The lowest BCUT2D eigenvalue weighted by Crippen LogP contribution is -2.16.